The van der Waals surface area contributed by atoms with Crippen LogP contribution in [0, 0.1) is 5.92 Å². The minimum absolute atomic E-state index is 0.0428. The van der Waals surface area contributed by atoms with Crippen LogP contribution in [0.15, 0.2) is 0 Å². The van der Waals surface area contributed by atoms with Crippen molar-refractivity contribution in [3.8, 4) is 0 Å². The number of hydrogen-bond donors (Lipinski definition) is 2. The lowest BCUT2D eigenvalue weighted by Gasteiger charge is -2.32. The second kappa shape index (κ2) is 5.03. The molecule has 3 nitrogen and oxygen atoms in total. The highest BCUT2D eigenvalue weighted by Crippen LogP contribution is 2.37. The average molecular weight is 238 g/mol. The minimum atomic E-state index is -4.13. The molecule has 0 aromatic rings. The maximum Gasteiger partial charge on any atom is 0.391 e. The number of rotatable bonds is 3. The fourth-order valence-electron chi connectivity index (χ4n) is 2.07. The molecule has 1 rings (SSSR count). The van der Waals surface area contributed by atoms with Gasteiger partial charge in [-0.15, -0.1) is 0 Å². The fraction of sp³-hybridized carbons (Fsp3) is 0.900. The van der Waals surface area contributed by atoms with Crippen molar-refractivity contribution in [2.24, 2.45) is 11.7 Å². The quantitative estimate of drug-likeness (QED) is 0.784. The first-order valence-electron chi connectivity index (χ1n) is 5.42. The third-order valence-electron chi connectivity index (χ3n) is 3.05. The average Bonchev–Trinajstić information content (AvgIpc) is 2.16. The van der Waals surface area contributed by atoms with E-state index in [9.17, 15) is 18.0 Å². The molecule has 0 spiro atoms. The summed E-state index contributed by atoms with van der Waals surface area (Å²) in [6.45, 7) is 1.57. The van der Waals surface area contributed by atoms with Crippen molar-refractivity contribution in [2.75, 3.05) is 0 Å². The van der Waals surface area contributed by atoms with Gasteiger partial charge in [-0.05, 0) is 26.2 Å². The number of amides is 1. The Hall–Kier alpha value is -0.780. The van der Waals surface area contributed by atoms with E-state index in [1.165, 1.54) is 0 Å². The summed E-state index contributed by atoms with van der Waals surface area (Å²) < 4.78 is 37.5. The van der Waals surface area contributed by atoms with Crippen molar-refractivity contribution < 1.29 is 18.0 Å². The lowest BCUT2D eigenvalue weighted by molar-refractivity contribution is -0.183. The van der Waals surface area contributed by atoms with Gasteiger partial charge in [-0.3, -0.25) is 4.79 Å². The minimum Gasteiger partial charge on any atom is -0.368 e. The van der Waals surface area contributed by atoms with Crippen LogP contribution >= 0.6 is 0 Å². The van der Waals surface area contributed by atoms with Crippen molar-refractivity contribution in [3.63, 3.8) is 0 Å². The van der Waals surface area contributed by atoms with E-state index in [1.807, 2.05) is 0 Å². The van der Waals surface area contributed by atoms with Crippen molar-refractivity contribution in [3.05, 3.63) is 0 Å². The molecule has 16 heavy (non-hydrogen) atoms. The molecule has 0 aromatic carbocycles. The normalized spacial score (nSPS) is 28.8. The van der Waals surface area contributed by atoms with Gasteiger partial charge in [0.15, 0.2) is 0 Å². The van der Waals surface area contributed by atoms with Crippen molar-refractivity contribution >= 4 is 5.91 Å². The smallest absolute Gasteiger partial charge is 0.368 e. The van der Waals surface area contributed by atoms with Crippen LogP contribution < -0.4 is 11.1 Å². The van der Waals surface area contributed by atoms with Crippen molar-refractivity contribution in [1.82, 2.24) is 5.32 Å². The Labute approximate surface area is 92.6 Å². The van der Waals surface area contributed by atoms with Crippen LogP contribution in [0.1, 0.15) is 32.6 Å². The zero-order valence-electron chi connectivity index (χ0n) is 9.18. The predicted octanol–water partition coefficient (Wildman–Crippen LogP) is 1.57. The molecule has 1 fully saturated rings. The Kier molecular flexibility index (Phi) is 4.18. The molecule has 0 heterocycles. The maximum absolute atomic E-state index is 12.5. The Morgan fingerprint density at radius 3 is 2.56 bits per heavy atom. The summed E-state index contributed by atoms with van der Waals surface area (Å²) >= 11 is 0. The van der Waals surface area contributed by atoms with E-state index in [-0.39, 0.29) is 18.9 Å². The molecule has 0 bridgehead atoms. The first-order valence-corrected chi connectivity index (χ1v) is 5.42. The zero-order chi connectivity index (χ0) is 12.3. The van der Waals surface area contributed by atoms with Gasteiger partial charge in [0.05, 0.1) is 12.0 Å². The third-order valence-corrected chi connectivity index (χ3v) is 3.05. The molecule has 1 aliphatic rings. The molecule has 3 unspecified atom stereocenters. The summed E-state index contributed by atoms with van der Waals surface area (Å²) in [6.07, 6.45) is -2.69. The number of alkyl halides is 3. The van der Waals surface area contributed by atoms with E-state index < -0.39 is 24.0 Å². The summed E-state index contributed by atoms with van der Waals surface area (Å²) in [4.78, 5) is 10.8. The Morgan fingerprint density at radius 1 is 1.44 bits per heavy atom. The van der Waals surface area contributed by atoms with Crippen LogP contribution in [0.2, 0.25) is 0 Å². The van der Waals surface area contributed by atoms with E-state index >= 15 is 0 Å². The molecule has 94 valence electrons. The van der Waals surface area contributed by atoms with Crippen LogP contribution in [0.4, 0.5) is 13.2 Å². The monoisotopic (exact) mass is 238 g/mol. The highest BCUT2D eigenvalue weighted by atomic mass is 19.4. The number of halogens is 3. The number of nitrogens with two attached hydrogens (primary N) is 1. The Balaban J connectivity index is 2.48. The topological polar surface area (TPSA) is 55.1 Å². The number of hydrogen-bond acceptors (Lipinski definition) is 2. The summed E-state index contributed by atoms with van der Waals surface area (Å²) in [5.74, 6) is -1.78. The van der Waals surface area contributed by atoms with Gasteiger partial charge < -0.3 is 11.1 Å². The molecule has 1 amide bonds. The van der Waals surface area contributed by atoms with Gasteiger partial charge in [-0.2, -0.15) is 13.2 Å². The van der Waals surface area contributed by atoms with Gasteiger partial charge in [0.1, 0.15) is 0 Å². The molecule has 0 aromatic heterocycles. The number of primary amides is 1. The molecule has 1 saturated carbocycles. The second-order valence-corrected chi connectivity index (χ2v) is 4.39. The Bertz CT molecular complexity index is 255. The van der Waals surface area contributed by atoms with Crippen LogP contribution in [-0.2, 0) is 4.79 Å². The predicted molar refractivity (Wildman–Crippen MR) is 53.6 cm³/mol. The van der Waals surface area contributed by atoms with Crippen molar-refractivity contribution in [1.29, 1.82) is 0 Å². The summed E-state index contributed by atoms with van der Waals surface area (Å²) in [7, 11) is 0. The van der Waals surface area contributed by atoms with Gasteiger partial charge in [-0.25, -0.2) is 0 Å². The Morgan fingerprint density at radius 2 is 2.06 bits per heavy atom. The number of carbonyl (C=O) groups excluding carboxylic acids is 1. The molecule has 0 radical (unpaired) electrons. The molecule has 0 saturated heterocycles. The van der Waals surface area contributed by atoms with E-state index in [1.54, 1.807) is 6.92 Å². The van der Waals surface area contributed by atoms with Crippen LogP contribution in [0.3, 0.4) is 0 Å². The summed E-state index contributed by atoms with van der Waals surface area (Å²) in [5.41, 5.74) is 5.05. The van der Waals surface area contributed by atoms with E-state index in [0.29, 0.717) is 12.8 Å². The fourth-order valence-corrected chi connectivity index (χ4v) is 2.07. The van der Waals surface area contributed by atoms with Crippen LogP contribution in [-0.4, -0.2) is 24.2 Å². The third kappa shape index (κ3) is 3.66. The van der Waals surface area contributed by atoms with Crippen LogP contribution in [0.25, 0.3) is 0 Å². The van der Waals surface area contributed by atoms with Gasteiger partial charge in [0, 0.05) is 6.04 Å². The molecule has 6 heteroatoms. The lowest BCUT2D eigenvalue weighted by atomic mass is 9.85. The number of nitrogens with one attached hydrogen (secondary N) is 1. The van der Waals surface area contributed by atoms with Gasteiger partial charge in [0.25, 0.3) is 0 Å². The SMILES string of the molecule is CC(NC1CCCC(C(F)(F)F)C1)C(N)=O. The summed E-state index contributed by atoms with van der Waals surface area (Å²) in [6, 6.07) is -0.833. The lowest BCUT2D eigenvalue weighted by Crippen LogP contribution is -2.47. The van der Waals surface area contributed by atoms with Gasteiger partial charge in [0.2, 0.25) is 5.91 Å². The first-order chi connectivity index (χ1) is 7.30. The molecule has 3 N–H and O–H groups in total. The van der Waals surface area contributed by atoms with Gasteiger partial charge in [-0.1, -0.05) is 6.42 Å². The number of carbonyl (C=O) groups is 1. The largest absolute Gasteiger partial charge is 0.391 e. The van der Waals surface area contributed by atoms with E-state index in [4.69, 9.17) is 5.73 Å². The maximum atomic E-state index is 12.5. The zero-order valence-corrected chi connectivity index (χ0v) is 9.18. The second-order valence-electron chi connectivity index (χ2n) is 4.39. The van der Waals surface area contributed by atoms with E-state index in [0.717, 1.165) is 0 Å². The molecular formula is C10H17F3N2O. The molecule has 1 aliphatic carbocycles. The summed E-state index contributed by atoms with van der Waals surface area (Å²) in [5, 5.41) is 2.85. The standard InChI is InChI=1S/C10H17F3N2O/c1-6(9(14)16)15-8-4-2-3-7(5-8)10(11,12)13/h6-8,15H,2-5H2,1H3,(H2,14,16). The first kappa shape index (κ1) is 13.3. The molecule has 3 atom stereocenters. The highest BCUT2D eigenvalue weighted by molar-refractivity contribution is 5.79. The van der Waals surface area contributed by atoms with Gasteiger partial charge >= 0.3 is 6.18 Å². The molecular weight excluding hydrogens is 221 g/mol. The van der Waals surface area contributed by atoms with E-state index in [2.05, 4.69) is 5.32 Å². The molecule has 0 aliphatic heterocycles. The van der Waals surface area contributed by atoms with Crippen molar-refractivity contribution in [2.45, 2.75) is 50.9 Å². The highest BCUT2D eigenvalue weighted by Gasteiger charge is 2.42. The van der Waals surface area contributed by atoms with Crippen LogP contribution in [0.5, 0.6) is 0 Å².